The molecule has 1 saturated heterocycles. The van der Waals surface area contributed by atoms with Gasteiger partial charge in [0, 0.05) is 66.7 Å². The third-order valence-corrected chi connectivity index (χ3v) is 7.39. The normalized spacial score (nSPS) is 18.9. The van der Waals surface area contributed by atoms with Crippen molar-refractivity contribution < 1.29 is 14.6 Å². The lowest BCUT2D eigenvalue weighted by Crippen LogP contribution is -2.66. The molecule has 0 radical (unpaired) electrons. The zero-order valence-corrected chi connectivity index (χ0v) is 19.6. The number of aromatic amines is 1. The van der Waals surface area contributed by atoms with Crippen LogP contribution in [0.4, 0.5) is 0 Å². The molecule has 7 heteroatoms. The zero-order valence-electron chi connectivity index (χ0n) is 19.6. The zero-order chi connectivity index (χ0) is 24.0. The van der Waals surface area contributed by atoms with Crippen LogP contribution in [0.1, 0.15) is 33.2 Å². The highest BCUT2D eigenvalue weighted by molar-refractivity contribution is 5.95. The molecular formula is C28H28N4O3. The Morgan fingerprint density at radius 1 is 1.14 bits per heavy atom. The molecule has 1 amide bonds. The molecule has 4 heterocycles. The topological polar surface area (TPSA) is 81.7 Å². The number of hydrogen-bond donors (Lipinski definition) is 2. The van der Waals surface area contributed by atoms with Crippen molar-refractivity contribution in [2.75, 3.05) is 33.4 Å². The molecule has 4 aromatic rings. The molecule has 0 unspecified atom stereocenters. The summed E-state index contributed by atoms with van der Waals surface area (Å²) in [5.74, 6) is 0.660. The molecule has 1 atom stereocenters. The lowest BCUT2D eigenvalue weighted by atomic mass is 9.68. The largest absolute Gasteiger partial charge is 0.497 e. The number of benzene rings is 2. The molecule has 2 N–H and O–H groups in total. The Kier molecular flexibility index (Phi) is 5.31. The van der Waals surface area contributed by atoms with E-state index < -0.39 is 6.04 Å². The summed E-state index contributed by atoms with van der Waals surface area (Å²) in [6, 6.07) is 19.6. The summed E-state index contributed by atoms with van der Waals surface area (Å²) in [5.41, 5.74) is 4.68. The van der Waals surface area contributed by atoms with E-state index in [4.69, 9.17) is 4.74 Å². The molecule has 7 nitrogen and oxygen atoms in total. The lowest BCUT2D eigenvalue weighted by molar-refractivity contribution is -0.00403. The monoisotopic (exact) mass is 468 g/mol. The van der Waals surface area contributed by atoms with E-state index in [2.05, 4.69) is 45.2 Å². The van der Waals surface area contributed by atoms with Gasteiger partial charge in [0.25, 0.3) is 5.91 Å². The first kappa shape index (κ1) is 21.8. The average molecular weight is 469 g/mol. The minimum Gasteiger partial charge on any atom is -0.497 e. The van der Waals surface area contributed by atoms with Crippen LogP contribution >= 0.6 is 0 Å². The smallest absolute Gasteiger partial charge is 0.256 e. The number of rotatable bonds is 5. The van der Waals surface area contributed by atoms with Crippen molar-refractivity contribution in [2.24, 2.45) is 0 Å². The van der Waals surface area contributed by atoms with E-state index in [-0.39, 0.29) is 17.9 Å². The number of pyridine rings is 1. The van der Waals surface area contributed by atoms with Gasteiger partial charge in [0.05, 0.1) is 25.3 Å². The molecule has 0 saturated carbocycles. The second-order valence-electron chi connectivity index (χ2n) is 9.61. The molecule has 0 aliphatic carbocycles. The number of fused-ring (bicyclic) bond motifs is 4. The molecule has 2 aliphatic rings. The van der Waals surface area contributed by atoms with Crippen molar-refractivity contribution in [3.63, 3.8) is 0 Å². The number of carbonyl (C=O) groups is 1. The van der Waals surface area contributed by atoms with Crippen molar-refractivity contribution in [3.8, 4) is 5.75 Å². The van der Waals surface area contributed by atoms with E-state index in [1.54, 1.807) is 31.6 Å². The number of likely N-dealkylation sites (tertiary alicyclic amines) is 1. The summed E-state index contributed by atoms with van der Waals surface area (Å²) < 4.78 is 5.45. The minimum absolute atomic E-state index is 0.111. The number of amides is 1. The first-order valence-electron chi connectivity index (χ1n) is 11.9. The summed E-state index contributed by atoms with van der Waals surface area (Å²) in [6.07, 6.45) is 3.26. The van der Waals surface area contributed by atoms with Gasteiger partial charge in [0.1, 0.15) is 5.75 Å². The van der Waals surface area contributed by atoms with Crippen molar-refractivity contribution in [2.45, 2.75) is 18.0 Å². The van der Waals surface area contributed by atoms with E-state index >= 15 is 0 Å². The Balaban J connectivity index is 1.42. The Morgan fingerprint density at radius 3 is 2.69 bits per heavy atom. The number of aromatic nitrogens is 2. The van der Waals surface area contributed by atoms with Gasteiger partial charge in [-0.25, -0.2) is 0 Å². The predicted octanol–water partition coefficient (Wildman–Crippen LogP) is 3.51. The number of nitrogens with one attached hydrogen (secondary N) is 1. The number of hydrogen-bond acceptors (Lipinski definition) is 5. The quantitative estimate of drug-likeness (QED) is 0.469. The number of carbonyl (C=O) groups excluding carboxylic acids is 1. The van der Waals surface area contributed by atoms with Gasteiger partial charge < -0.3 is 19.7 Å². The van der Waals surface area contributed by atoms with Crippen molar-refractivity contribution >= 4 is 16.8 Å². The van der Waals surface area contributed by atoms with Gasteiger partial charge in [0.15, 0.2) is 0 Å². The van der Waals surface area contributed by atoms with Crippen molar-refractivity contribution in [1.29, 1.82) is 0 Å². The second kappa shape index (κ2) is 8.52. The third-order valence-electron chi connectivity index (χ3n) is 7.39. The SMILES string of the molecule is COc1ccc2c3c([nH]c2c1)[C@H](CO)N(C(=O)c1cccnc1)CC31CN(Cc2ccccc2)C1. The van der Waals surface area contributed by atoms with Gasteiger partial charge in [0.2, 0.25) is 0 Å². The molecule has 1 fully saturated rings. The number of H-pyrrole nitrogens is 1. The van der Waals surface area contributed by atoms with Crippen LogP contribution in [0.15, 0.2) is 73.1 Å². The molecule has 35 heavy (non-hydrogen) atoms. The Bertz CT molecular complexity index is 1360. The average Bonchev–Trinajstić information content (AvgIpc) is 3.27. The van der Waals surface area contributed by atoms with Crippen LogP contribution in [0, 0.1) is 0 Å². The van der Waals surface area contributed by atoms with E-state index in [0.29, 0.717) is 12.1 Å². The second-order valence-corrected chi connectivity index (χ2v) is 9.61. The summed E-state index contributed by atoms with van der Waals surface area (Å²) in [6.45, 7) is 2.93. The van der Waals surface area contributed by atoms with Gasteiger partial charge in [-0.2, -0.15) is 0 Å². The van der Waals surface area contributed by atoms with Crippen LogP contribution in [-0.2, 0) is 12.0 Å². The molecule has 6 rings (SSSR count). The number of ether oxygens (including phenoxy) is 1. The maximum absolute atomic E-state index is 13.6. The van der Waals surface area contributed by atoms with Crippen LogP contribution in [0.5, 0.6) is 5.75 Å². The molecule has 0 bridgehead atoms. The fourth-order valence-corrected chi connectivity index (χ4v) is 5.90. The van der Waals surface area contributed by atoms with Gasteiger partial charge in [-0.1, -0.05) is 30.3 Å². The van der Waals surface area contributed by atoms with Crippen LogP contribution < -0.4 is 4.74 Å². The van der Waals surface area contributed by atoms with Gasteiger partial charge >= 0.3 is 0 Å². The van der Waals surface area contributed by atoms with E-state index in [9.17, 15) is 9.90 Å². The lowest BCUT2D eigenvalue weighted by Gasteiger charge is -2.56. The minimum atomic E-state index is -0.454. The van der Waals surface area contributed by atoms with Crippen LogP contribution in [-0.4, -0.2) is 64.1 Å². The number of methoxy groups -OCH3 is 1. The molecule has 2 aromatic heterocycles. The Labute approximate surface area is 204 Å². The molecule has 2 aliphatic heterocycles. The fraction of sp³-hybridized carbons (Fsp3) is 0.286. The van der Waals surface area contributed by atoms with Crippen molar-refractivity contribution in [1.82, 2.24) is 19.8 Å². The van der Waals surface area contributed by atoms with E-state index in [0.717, 1.165) is 42.0 Å². The fourth-order valence-electron chi connectivity index (χ4n) is 5.90. The molecular weight excluding hydrogens is 440 g/mol. The maximum atomic E-state index is 13.6. The van der Waals surface area contributed by atoms with Crippen LogP contribution in [0.2, 0.25) is 0 Å². The van der Waals surface area contributed by atoms with Crippen LogP contribution in [0.3, 0.4) is 0 Å². The number of aliphatic hydroxyl groups is 1. The van der Waals surface area contributed by atoms with Gasteiger partial charge in [-0.3, -0.25) is 14.7 Å². The highest BCUT2D eigenvalue weighted by Crippen LogP contribution is 2.49. The van der Waals surface area contributed by atoms with Crippen LogP contribution in [0.25, 0.3) is 10.9 Å². The summed E-state index contributed by atoms with van der Waals surface area (Å²) >= 11 is 0. The van der Waals surface area contributed by atoms with E-state index in [1.165, 1.54) is 11.1 Å². The first-order chi connectivity index (χ1) is 17.1. The highest BCUT2D eigenvalue weighted by atomic mass is 16.5. The predicted molar refractivity (Wildman–Crippen MR) is 133 cm³/mol. The Hall–Kier alpha value is -3.68. The summed E-state index contributed by atoms with van der Waals surface area (Å²) in [4.78, 5) is 25.6. The molecule has 178 valence electrons. The maximum Gasteiger partial charge on any atom is 0.256 e. The van der Waals surface area contributed by atoms with Gasteiger partial charge in [-0.15, -0.1) is 0 Å². The van der Waals surface area contributed by atoms with Crippen molar-refractivity contribution in [3.05, 3.63) is 95.4 Å². The summed E-state index contributed by atoms with van der Waals surface area (Å²) in [5, 5.41) is 11.6. The summed E-state index contributed by atoms with van der Waals surface area (Å²) in [7, 11) is 1.66. The van der Waals surface area contributed by atoms with E-state index in [1.807, 2.05) is 23.1 Å². The first-order valence-corrected chi connectivity index (χ1v) is 11.9. The standard InChI is InChI=1S/C28H28N4O3/c1-35-21-9-10-22-23(12-21)30-26-24(15-33)32(27(34)20-8-5-11-29-13-20)18-28(25(22)26)16-31(17-28)14-19-6-3-2-4-7-19/h2-13,24,30,33H,14-18H2,1H3/t24-/m0/s1. The van der Waals surface area contributed by atoms with Gasteiger partial charge in [-0.05, 0) is 35.4 Å². The number of aliphatic hydroxyl groups excluding tert-OH is 1. The highest BCUT2D eigenvalue weighted by Gasteiger charge is 2.53. The number of nitrogens with zero attached hydrogens (tertiary/aromatic N) is 3. The molecule has 2 aromatic carbocycles. The Morgan fingerprint density at radius 2 is 1.97 bits per heavy atom. The molecule has 1 spiro atoms. The third kappa shape index (κ3) is 3.59.